The van der Waals surface area contributed by atoms with Gasteiger partial charge in [-0.1, -0.05) is 24.3 Å². The van der Waals surface area contributed by atoms with Crippen LogP contribution in [0.2, 0.25) is 0 Å². The van der Waals surface area contributed by atoms with Crippen molar-refractivity contribution in [1.82, 2.24) is 9.80 Å². The van der Waals surface area contributed by atoms with Crippen LogP contribution in [-0.2, 0) is 11.3 Å². The number of nitrogens with one attached hydrogen (secondary N) is 1. The third-order valence-corrected chi connectivity index (χ3v) is 4.93. The van der Waals surface area contributed by atoms with E-state index >= 15 is 0 Å². The van der Waals surface area contributed by atoms with Gasteiger partial charge in [-0.15, -0.1) is 0 Å². The summed E-state index contributed by atoms with van der Waals surface area (Å²) in [6, 6.07) is 13.4. The number of carbonyl (C=O) groups is 1. The van der Waals surface area contributed by atoms with Gasteiger partial charge in [0.1, 0.15) is 11.6 Å². The van der Waals surface area contributed by atoms with Gasteiger partial charge in [0.05, 0.1) is 26.0 Å². The number of benzene rings is 2. The Morgan fingerprint density at radius 3 is 2.62 bits per heavy atom. The number of urea groups is 1. The summed E-state index contributed by atoms with van der Waals surface area (Å²) >= 11 is 0. The van der Waals surface area contributed by atoms with Gasteiger partial charge in [-0.3, -0.25) is 4.90 Å². The van der Waals surface area contributed by atoms with Gasteiger partial charge < -0.3 is 19.7 Å². The van der Waals surface area contributed by atoms with Crippen LogP contribution < -0.4 is 10.1 Å². The number of methoxy groups -OCH3 is 1. The molecule has 3 rings (SSSR count). The van der Waals surface area contributed by atoms with E-state index < -0.39 is 0 Å². The van der Waals surface area contributed by atoms with Crippen LogP contribution in [0.5, 0.6) is 5.75 Å². The van der Waals surface area contributed by atoms with E-state index in [4.69, 9.17) is 9.47 Å². The number of halogens is 1. The molecule has 0 radical (unpaired) electrons. The van der Waals surface area contributed by atoms with E-state index in [0.717, 1.165) is 44.8 Å². The summed E-state index contributed by atoms with van der Waals surface area (Å²) < 4.78 is 23.9. The zero-order valence-corrected chi connectivity index (χ0v) is 16.8. The molecule has 0 bridgehead atoms. The molecule has 1 N–H and O–H groups in total. The molecule has 0 spiro atoms. The smallest absolute Gasteiger partial charge is 0.322 e. The minimum atomic E-state index is -0.286. The van der Waals surface area contributed by atoms with Gasteiger partial charge in [0.2, 0.25) is 0 Å². The molecular weight excluding hydrogens is 373 g/mol. The highest BCUT2D eigenvalue weighted by Gasteiger charge is 2.17. The fourth-order valence-electron chi connectivity index (χ4n) is 3.31. The van der Waals surface area contributed by atoms with Crippen LogP contribution in [-0.4, -0.2) is 62.3 Å². The first-order valence-corrected chi connectivity index (χ1v) is 9.89. The highest BCUT2D eigenvalue weighted by atomic mass is 19.1. The fourth-order valence-corrected chi connectivity index (χ4v) is 3.31. The minimum Gasteiger partial charge on any atom is -0.495 e. The average molecular weight is 401 g/mol. The summed E-state index contributed by atoms with van der Waals surface area (Å²) in [5.41, 5.74) is 1.50. The molecular formula is C22H28FN3O3. The Morgan fingerprint density at radius 2 is 1.90 bits per heavy atom. The van der Waals surface area contributed by atoms with Gasteiger partial charge in [-0.2, -0.15) is 0 Å². The predicted octanol–water partition coefficient (Wildman–Crippen LogP) is 3.59. The van der Waals surface area contributed by atoms with Crippen LogP contribution in [0.25, 0.3) is 0 Å². The van der Waals surface area contributed by atoms with Gasteiger partial charge in [-0.05, 0) is 36.2 Å². The second-order valence-electron chi connectivity index (χ2n) is 6.99. The lowest BCUT2D eigenvalue weighted by atomic mass is 10.2. The summed E-state index contributed by atoms with van der Waals surface area (Å²) in [5, 5.41) is 2.94. The Balaban J connectivity index is 1.64. The van der Waals surface area contributed by atoms with Crippen LogP contribution in [0.3, 0.4) is 0 Å². The van der Waals surface area contributed by atoms with Crippen molar-refractivity contribution < 1.29 is 18.7 Å². The van der Waals surface area contributed by atoms with Crippen molar-refractivity contribution in [3.63, 3.8) is 0 Å². The number of para-hydroxylation sites is 2. The molecule has 0 aromatic heterocycles. The SMILES string of the molecule is COc1ccccc1NC(=O)N(CCCN1CCOCC1)Cc1ccc(F)cc1. The van der Waals surface area contributed by atoms with E-state index in [1.165, 1.54) is 12.1 Å². The number of hydrogen-bond acceptors (Lipinski definition) is 4. The zero-order chi connectivity index (χ0) is 20.5. The Labute approximate surface area is 171 Å². The Morgan fingerprint density at radius 1 is 1.17 bits per heavy atom. The molecule has 1 heterocycles. The molecule has 1 saturated heterocycles. The third-order valence-electron chi connectivity index (χ3n) is 4.93. The first-order valence-electron chi connectivity index (χ1n) is 9.89. The molecule has 2 amide bonds. The maximum absolute atomic E-state index is 13.2. The van der Waals surface area contributed by atoms with Gasteiger partial charge in [0.15, 0.2) is 0 Å². The molecule has 7 heteroatoms. The molecule has 0 aliphatic carbocycles. The summed E-state index contributed by atoms with van der Waals surface area (Å²) in [6.07, 6.45) is 0.848. The number of nitrogens with zero attached hydrogens (tertiary/aromatic N) is 2. The number of morpholine rings is 1. The van der Waals surface area contributed by atoms with Crippen molar-refractivity contribution in [2.24, 2.45) is 0 Å². The van der Waals surface area contributed by atoms with Crippen molar-refractivity contribution in [1.29, 1.82) is 0 Å². The van der Waals surface area contributed by atoms with E-state index in [1.807, 2.05) is 12.1 Å². The van der Waals surface area contributed by atoms with Crippen molar-refractivity contribution in [2.75, 3.05) is 51.8 Å². The van der Waals surface area contributed by atoms with Crippen LogP contribution in [0.15, 0.2) is 48.5 Å². The van der Waals surface area contributed by atoms with E-state index in [9.17, 15) is 9.18 Å². The van der Waals surface area contributed by atoms with Gasteiger partial charge in [0.25, 0.3) is 0 Å². The molecule has 1 fully saturated rings. The molecule has 6 nitrogen and oxygen atoms in total. The Hall–Kier alpha value is -2.64. The lowest BCUT2D eigenvalue weighted by Crippen LogP contribution is -2.40. The Bertz CT molecular complexity index is 779. The van der Waals surface area contributed by atoms with Crippen LogP contribution in [0, 0.1) is 5.82 Å². The lowest BCUT2D eigenvalue weighted by molar-refractivity contribution is 0.0365. The standard InChI is InChI=1S/C22H28FN3O3/c1-28-21-6-3-2-5-20(21)24-22(27)26(17-18-7-9-19(23)10-8-18)12-4-11-25-13-15-29-16-14-25/h2-3,5-10H,4,11-17H2,1H3,(H,24,27). The number of rotatable bonds is 8. The molecule has 1 aliphatic heterocycles. The predicted molar refractivity (Wildman–Crippen MR) is 111 cm³/mol. The molecule has 29 heavy (non-hydrogen) atoms. The highest BCUT2D eigenvalue weighted by Crippen LogP contribution is 2.23. The van der Waals surface area contributed by atoms with E-state index in [1.54, 1.807) is 36.3 Å². The van der Waals surface area contributed by atoms with Crippen LogP contribution in [0.1, 0.15) is 12.0 Å². The van der Waals surface area contributed by atoms with Crippen molar-refractivity contribution in [3.8, 4) is 5.75 Å². The first kappa shape index (κ1) is 21.1. The number of ether oxygens (including phenoxy) is 2. The molecule has 1 aliphatic rings. The number of amides is 2. The normalized spacial score (nSPS) is 14.4. The first-order chi connectivity index (χ1) is 14.2. The number of anilines is 1. The highest BCUT2D eigenvalue weighted by molar-refractivity contribution is 5.91. The molecule has 156 valence electrons. The van der Waals surface area contributed by atoms with Gasteiger partial charge in [0, 0.05) is 32.7 Å². The summed E-state index contributed by atoms with van der Waals surface area (Å²) in [4.78, 5) is 17.1. The fraction of sp³-hybridized carbons (Fsp3) is 0.409. The van der Waals surface area contributed by atoms with Gasteiger partial charge >= 0.3 is 6.03 Å². The van der Waals surface area contributed by atoms with E-state index in [0.29, 0.717) is 24.5 Å². The molecule has 0 unspecified atom stereocenters. The molecule has 2 aromatic rings. The average Bonchev–Trinajstić information content (AvgIpc) is 2.75. The maximum Gasteiger partial charge on any atom is 0.322 e. The summed E-state index contributed by atoms with van der Waals surface area (Å²) in [6.45, 7) is 5.27. The second-order valence-corrected chi connectivity index (χ2v) is 6.99. The van der Waals surface area contributed by atoms with Crippen LogP contribution in [0.4, 0.5) is 14.9 Å². The maximum atomic E-state index is 13.2. The zero-order valence-electron chi connectivity index (χ0n) is 16.8. The molecule has 0 saturated carbocycles. The quantitative estimate of drug-likeness (QED) is 0.735. The Kier molecular flexibility index (Phi) is 7.84. The topological polar surface area (TPSA) is 54.0 Å². The van der Waals surface area contributed by atoms with Crippen molar-refractivity contribution in [2.45, 2.75) is 13.0 Å². The minimum absolute atomic E-state index is 0.208. The monoisotopic (exact) mass is 401 g/mol. The summed E-state index contributed by atoms with van der Waals surface area (Å²) in [7, 11) is 1.57. The van der Waals surface area contributed by atoms with E-state index in [-0.39, 0.29) is 11.8 Å². The largest absolute Gasteiger partial charge is 0.495 e. The number of carbonyl (C=O) groups excluding carboxylic acids is 1. The second kappa shape index (κ2) is 10.8. The van der Waals surface area contributed by atoms with Crippen molar-refractivity contribution >= 4 is 11.7 Å². The molecule has 2 aromatic carbocycles. The van der Waals surface area contributed by atoms with E-state index in [2.05, 4.69) is 10.2 Å². The van der Waals surface area contributed by atoms with Gasteiger partial charge in [-0.25, -0.2) is 9.18 Å². The van der Waals surface area contributed by atoms with Crippen LogP contribution >= 0.6 is 0 Å². The molecule has 0 atom stereocenters. The lowest BCUT2D eigenvalue weighted by Gasteiger charge is -2.28. The third kappa shape index (κ3) is 6.44. The number of hydrogen-bond donors (Lipinski definition) is 1. The summed E-state index contributed by atoms with van der Waals surface area (Å²) in [5.74, 6) is 0.321. The van der Waals surface area contributed by atoms with Crippen molar-refractivity contribution in [3.05, 3.63) is 59.9 Å².